The highest BCUT2D eigenvalue weighted by Crippen LogP contribution is 2.33. The van der Waals surface area contributed by atoms with Gasteiger partial charge in [-0.2, -0.15) is 0 Å². The first kappa shape index (κ1) is 10.8. The molecule has 5 nitrogen and oxygen atoms in total. The number of carboxylic acid groups (broad SMARTS) is 1. The highest BCUT2D eigenvalue weighted by Gasteiger charge is 2.39. The molecule has 2 amide bonds. The van der Waals surface area contributed by atoms with Crippen molar-refractivity contribution >= 4 is 12.0 Å². The van der Waals surface area contributed by atoms with Crippen molar-refractivity contribution in [3.05, 3.63) is 0 Å². The maximum Gasteiger partial charge on any atom is 0.326 e. The van der Waals surface area contributed by atoms with Crippen LogP contribution in [-0.4, -0.2) is 28.7 Å². The van der Waals surface area contributed by atoms with Crippen molar-refractivity contribution in [2.75, 3.05) is 0 Å². The molecule has 0 spiro atoms. The van der Waals surface area contributed by atoms with Crippen LogP contribution in [0.1, 0.15) is 33.1 Å². The summed E-state index contributed by atoms with van der Waals surface area (Å²) in [5.41, 5.74) is -0.110. The van der Waals surface area contributed by atoms with Crippen LogP contribution in [0.2, 0.25) is 0 Å². The van der Waals surface area contributed by atoms with Crippen molar-refractivity contribution in [1.82, 2.24) is 10.6 Å². The summed E-state index contributed by atoms with van der Waals surface area (Å²) in [6, 6.07) is -1.18. The van der Waals surface area contributed by atoms with Gasteiger partial charge in [0.15, 0.2) is 0 Å². The van der Waals surface area contributed by atoms with E-state index in [4.69, 9.17) is 5.11 Å². The highest BCUT2D eigenvalue weighted by atomic mass is 16.4. The van der Waals surface area contributed by atoms with Crippen LogP contribution < -0.4 is 10.6 Å². The molecule has 3 N–H and O–H groups in total. The Morgan fingerprint density at radius 1 is 1.50 bits per heavy atom. The molecule has 1 saturated carbocycles. The fourth-order valence-corrected chi connectivity index (χ4v) is 1.12. The summed E-state index contributed by atoms with van der Waals surface area (Å²) in [6.45, 7) is 3.66. The molecule has 0 bridgehead atoms. The lowest BCUT2D eigenvalue weighted by molar-refractivity contribution is -0.139. The second-order valence-electron chi connectivity index (χ2n) is 3.96. The highest BCUT2D eigenvalue weighted by molar-refractivity contribution is 5.82. The van der Waals surface area contributed by atoms with Crippen molar-refractivity contribution in [3.8, 4) is 0 Å². The van der Waals surface area contributed by atoms with Crippen LogP contribution in [0, 0.1) is 0 Å². The number of carboxylic acids is 1. The molecule has 80 valence electrons. The van der Waals surface area contributed by atoms with Gasteiger partial charge in [0.25, 0.3) is 0 Å². The van der Waals surface area contributed by atoms with Gasteiger partial charge >= 0.3 is 12.0 Å². The lowest BCUT2D eigenvalue weighted by Crippen LogP contribution is -2.48. The van der Waals surface area contributed by atoms with E-state index in [9.17, 15) is 9.59 Å². The van der Waals surface area contributed by atoms with Gasteiger partial charge in [-0.05, 0) is 26.2 Å². The Labute approximate surface area is 82.9 Å². The van der Waals surface area contributed by atoms with E-state index >= 15 is 0 Å². The van der Waals surface area contributed by atoms with Gasteiger partial charge in [-0.3, -0.25) is 0 Å². The van der Waals surface area contributed by atoms with E-state index in [0.29, 0.717) is 6.42 Å². The molecule has 1 aliphatic rings. The quantitative estimate of drug-likeness (QED) is 0.625. The minimum atomic E-state index is -0.997. The first-order valence-corrected chi connectivity index (χ1v) is 4.78. The zero-order valence-electron chi connectivity index (χ0n) is 8.46. The third kappa shape index (κ3) is 2.90. The SMILES string of the molecule is CCC(NC(=O)NC1(C)CC1)C(=O)O. The molecular weight excluding hydrogens is 184 g/mol. The van der Waals surface area contributed by atoms with E-state index in [0.717, 1.165) is 12.8 Å². The second kappa shape index (κ2) is 3.86. The topological polar surface area (TPSA) is 78.4 Å². The number of carbonyl (C=O) groups is 2. The standard InChI is InChI=1S/C9H16N2O3/c1-3-6(7(12)13)10-8(14)11-9(2)4-5-9/h6H,3-5H2,1-2H3,(H,12,13)(H2,10,11,14). The van der Waals surface area contributed by atoms with Gasteiger partial charge in [0.1, 0.15) is 6.04 Å². The average Bonchev–Trinajstić information content (AvgIpc) is 2.78. The van der Waals surface area contributed by atoms with Crippen molar-refractivity contribution in [1.29, 1.82) is 0 Å². The predicted molar refractivity (Wildman–Crippen MR) is 51.0 cm³/mol. The predicted octanol–water partition coefficient (Wildman–Crippen LogP) is 0.701. The Balaban J connectivity index is 2.34. The Hall–Kier alpha value is -1.26. The minimum absolute atomic E-state index is 0.110. The summed E-state index contributed by atoms with van der Waals surface area (Å²) in [5.74, 6) is -0.997. The van der Waals surface area contributed by atoms with Gasteiger partial charge in [0.2, 0.25) is 0 Å². The van der Waals surface area contributed by atoms with Crippen LogP contribution in [0.3, 0.4) is 0 Å². The lowest BCUT2D eigenvalue weighted by atomic mass is 10.2. The molecule has 1 rings (SSSR count). The third-order valence-corrected chi connectivity index (χ3v) is 2.43. The van der Waals surface area contributed by atoms with Crippen molar-refractivity contribution in [2.24, 2.45) is 0 Å². The molecule has 1 aliphatic carbocycles. The summed E-state index contributed by atoms with van der Waals surface area (Å²) in [4.78, 5) is 21.9. The zero-order chi connectivity index (χ0) is 10.8. The molecule has 1 atom stereocenters. The maximum absolute atomic E-state index is 11.3. The van der Waals surface area contributed by atoms with Crippen LogP contribution in [0.25, 0.3) is 0 Å². The molecule has 0 saturated heterocycles. The summed E-state index contributed by atoms with van der Waals surface area (Å²) in [6.07, 6.45) is 2.31. The van der Waals surface area contributed by atoms with Crippen LogP contribution in [-0.2, 0) is 4.79 Å². The van der Waals surface area contributed by atoms with Gasteiger partial charge in [-0.1, -0.05) is 6.92 Å². The van der Waals surface area contributed by atoms with Crippen molar-refractivity contribution in [2.45, 2.75) is 44.7 Å². The molecule has 1 unspecified atom stereocenters. The monoisotopic (exact) mass is 200 g/mol. The first-order valence-electron chi connectivity index (χ1n) is 4.78. The third-order valence-electron chi connectivity index (χ3n) is 2.43. The number of amides is 2. The van der Waals surface area contributed by atoms with Crippen molar-refractivity contribution in [3.63, 3.8) is 0 Å². The van der Waals surface area contributed by atoms with Gasteiger partial charge < -0.3 is 15.7 Å². The van der Waals surface area contributed by atoms with Crippen LogP contribution in [0.4, 0.5) is 4.79 Å². The number of rotatable bonds is 4. The van der Waals surface area contributed by atoms with Gasteiger partial charge in [-0.25, -0.2) is 9.59 Å². The molecule has 14 heavy (non-hydrogen) atoms. The summed E-state index contributed by atoms with van der Waals surface area (Å²) < 4.78 is 0. The normalized spacial score (nSPS) is 19.6. The number of aliphatic carboxylic acids is 1. The Morgan fingerprint density at radius 3 is 2.43 bits per heavy atom. The molecule has 1 fully saturated rings. The molecular formula is C9H16N2O3. The number of nitrogens with one attached hydrogen (secondary N) is 2. The van der Waals surface area contributed by atoms with E-state index in [2.05, 4.69) is 10.6 Å². The second-order valence-corrected chi connectivity index (χ2v) is 3.96. The number of urea groups is 1. The summed E-state index contributed by atoms with van der Waals surface area (Å²) in [5, 5.41) is 13.8. The fraction of sp³-hybridized carbons (Fsp3) is 0.778. The molecule has 0 heterocycles. The lowest BCUT2D eigenvalue weighted by Gasteiger charge is -2.16. The van der Waals surface area contributed by atoms with Gasteiger partial charge in [0, 0.05) is 5.54 Å². The van der Waals surface area contributed by atoms with Crippen LogP contribution >= 0.6 is 0 Å². The van der Waals surface area contributed by atoms with Crippen molar-refractivity contribution < 1.29 is 14.7 Å². The number of hydrogen-bond acceptors (Lipinski definition) is 2. The largest absolute Gasteiger partial charge is 0.480 e. The van der Waals surface area contributed by atoms with Crippen LogP contribution in [0.5, 0.6) is 0 Å². The minimum Gasteiger partial charge on any atom is -0.480 e. The zero-order valence-corrected chi connectivity index (χ0v) is 8.46. The molecule has 0 aromatic rings. The van der Waals surface area contributed by atoms with Gasteiger partial charge in [-0.15, -0.1) is 0 Å². The fourth-order valence-electron chi connectivity index (χ4n) is 1.12. The van der Waals surface area contributed by atoms with Gasteiger partial charge in [0.05, 0.1) is 0 Å². The molecule has 5 heteroatoms. The molecule has 0 aliphatic heterocycles. The maximum atomic E-state index is 11.3. The summed E-state index contributed by atoms with van der Waals surface area (Å²) in [7, 11) is 0. The smallest absolute Gasteiger partial charge is 0.326 e. The molecule has 0 aromatic heterocycles. The first-order chi connectivity index (χ1) is 6.47. The van der Waals surface area contributed by atoms with E-state index in [-0.39, 0.29) is 11.6 Å². The molecule has 0 radical (unpaired) electrons. The Bertz CT molecular complexity index is 248. The van der Waals surface area contributed by atoms with E-state index in [1.807, 2.05) is 6.92 Å². The Morgan fingerprint density at radius 2 is 2.07 bits per heavy atom. The molecule has 0 aromatic carbocycles. The van der Waals surface area contributed by atoms with E-state index in [1.54, 1.807) is 6.92 Å². The average molecular weight is 200 g/mol. The van der Waals surface area contributed by atoms with E-state index in [1.165, 1.54) is 0 Å². The Kier molecular flexibility index (Phi) is 2.98. The number of hydrogen-bond donors (Lipinski definition) is 3. The summed E-state index contributed by atoms with van der Waals surface area (Å²) >= 11 is 0. The number of carbonyl (C=O) groups excluding carboxylic acids is 1. The van der Waals surface area contributed by atoms with E-state index < -0.39 is 12.0 Å². The van der Waals surface area contributed by atoms with Crippen LogP contribution in [0.15, 0.2) is 0 Å².